The highest BCUT2D eigenvalue weighted by molar-refractivity contribution is 5.92. The summed E-state index contributed by atoms with van der Waals surface area (Å²) in [6.07, 6.45) is 6.91. The zero-order valence-electron chi connectivity index (χ0n) is 13.8. The molecule has 0 N–H and O–H groups in total. The minimum Gasteiger partial charge on any atom is -0.335 e. The van der Waals surface area contributed by atoms with Gasteiger partial charge in [0.25, 0.3) is 5.91 Å². The van der Waals surface area contributed by atoms with Crippen molar-refractivity contribution in [3.63, 3.8) is 0 Å². The van der Waals surface area contributed by atoms with Gasteiger partial charge in [-0.05, 0) is 25.0 Å². The van der Waals surface area contributed by atoms with Crippen molar-refractivity contribution >= 4 is 5.91 Å². The Labute approximate surface area is 142 Å². The van der Waals surface area contributed by atoms with Crippen LogP contribution in [0.4, 0.5) is 0 Å². The SMILES string of the molecule is O=C(c1cnn(-c2ccccc2)n1)N1CCN(C2CCCC2)CC1. The molecule has 0 radical (unpaired) electrons. The Balaban J connectivity index is 1.39. The van der Waals surface area contributed by atoms with Crippen LogP contribution in [0.2, 0.25) is 0 Å². The first-order valence-electron chi connectivity index (χ1n) is 8.82. The summed E-state index contributed by atoms with van der Waals surface area (Å²) in [5.41, 5.74) is 1.29. The lowest BCUT2D eigenvalue weighted by Crippen LogP contribution is -2.51. The van der Waals surface area contributed by atoms with Crippen molar-refractivity contribution in [2.24, 2.45) is 0 Å². The smallest absolute Gasteiger partial charge is 0.276 e. The number of piperazine rings is 1. The maximum Gasteiger partial charge on any atom is 0.276 e. The van der Waals surface area contributed by atoms with E-state index in [1.165, 1.54) is 30.5 Å². The molecule has 1 aliphatic carbocycles. The van der Waals surface area contributed by atoms with Gasteiger partial charge in [-0.15, -0.1) is 5.10 Å². The van der Waals surface area contributed by atoms with Gasteiger partial charge < -0.3 is 4.90 Å². The molecule has 2 aromatic rings. The fraction of sp³-hybridized carbons (Fsp3) is 0.500. The van der Waals surface area contributed by atoms with Gasteiger partial charge in [0.2, 0.25) is 0 Å². The predicted molar refractivity (Wildman–Crippen MR) is 91.1 cm³/mol. The molecule has 0 atom stereocenters. The highest BCUT2D eigenvalue weighted by atomic mass is 16.2. The number of carbonyl (C=O) groups is 1. The van der Waals surface area contributed by atoms with Crippen molar-refractivity contribution in [3.05, 3.63) is 42.2 Å². The molecule has 126 valence electrons. The first kappa shape index (κ1) is 15.3. The molecule has 6 nitrogen and oxygen atoms in total. The number of hydrogen-bond acceptors (Lipinski definition) is 4. The summed E-state index contributed by atoms with van der Waals surface area (Å²) in [5.74, 6) is -0.0109. The molecule has 2 aliphatic rings. The summed E-state index contributed by atoms with van der Waals surface area (Å²) >= 11 is 0. The molecule has 1 aromatic heterocycles. The van der Waals surface area contributed by atoms with Gasteiger partial charge in [-0.2, -0.15) is 9.90 Å². The summed E-state index contributed by atoms with van der Waals surface area (Å²) in [6, 6.07) is 10.4. The lowest BCUT2D eigenvalue weighted by molar-refractivity contribution is 0.0567. The van der Waals surface area contributed by atoms with Gasteiger partial charge in [-0.1, -0.05) is 31.0 Å². The second kappa shape index (κ2) is 6.73. The molecule has 1 aliphatic heterocycles. The first-order chi connectivity index (χ1) is 11.8. The summed E-state index contributed by atoms with van der Waals surface area (Å²) < 4.78 is 0. The van der Waals surface area contributed by atoms with E-state index in [1.54, 1.807) is 6.20 Å². The molecule has 0 bridgehead atoms. The quantitative estimate of drug-likeness (QED) is 0.866. The van der Waals surface area contributed by atoms with Crippen molar-refractivity contribution in [2.75, 3.05) is 26.2 Å². The molecule has 1 amide bonds. The number of benzene rings is 1. The van der Waals surface area contributed by atoms with E-state index in [2.05, 4.69) is 15.1 Å². The highest BCUT2D eigenvalue weighted by Gasteiger charge is 2.29. The summed E-state index contributed by atoms with van der Waals surface area (Å²) in [5, 5.41) is 8.58. The lowest BCUT2D eigenvalue weighted by atomic mass is 10.2. The third-order valence-corrected chi connectivity index (χ3v) is 5.14. The number of carbonyl (C=O) groups excluding carboxylic acids is 1. The number of amides is 1. The molecule has 2 fully saturated rings. The van der Waals surface area contributed by atoms with Crippen molar-refractivity contribution < 1.29 is 4.79 Å². The van der Waals surface area contributed by atoms with E-state index < -0.39 is 0 Å². The monoisotopic (exact) mass is 325 g/mol. The Hall–Kier alpha value is -2.21. The van der Waals surface area contributed by atoms with E-state index in [4.69, 9.17) is 0 Å². The zero-order chi connectivity index (χ0) is 16.4. The molecule has 0 unspecified atom stereocenters. The number of aromatic nitrogens is 3. The minimum absolute atomic E-state index is 0.0109. The topological polar surface area (TPSA) is 54.3 Å². The van der Waals surface area contributed by atoms with Gasteiger partial charge in [-0.25, -0.2) is 0 Å². The minimum atomic E-state index is -0.0109. The number of hydrogen-bond donors (Lipinski definition) is 0. The van der Waals surface area contributed by atoms with Gasteiger partial charge in [0, 0.05) is 32.2 Å². The predicted octanol–water partition coefficient (Wildman–Crippen LogP) is 1.97. The maximum absolute atomic E-state index is 12.7. The Bertz CT molecular complexity index is 684. The van der Waals surface area contributed by atoms with Crippen LogP contribution in [0.5, 0.6) is 0 Å². The van der Waals surface area contributed by atoms with Gasteiger partial charge >= 0.3 is 0 Å². The van der Waals surface area contributed by atoms with E-state index in [-0.39, 0.29) is 5.91 Å². The average molecular weight is 325 g/mol. The van der Waals surface area contributed by atoms with Crippen LogP contribution in [0.3, 0.4) is 0 Å². The Morgan fingerprint density at radius 1 is 1.00 bits per heavy atom. The normalized spacial score (nSPS) is 19.8. The molecule has 0 spiro atoms. The van der Waals surface area contributed by atoms with Crippen molar-refractivity contribution in [3.8, 4) is 5.69 Å². The fourth-order valence-corrected chi connectivity index (χ4v) is 3.77. The van der Waals surface area contributed by atoms with Crippen molar-refractivity contribution in [1.29, 1.82) is 0 Å². The molecule has 1 saturated heterocycles. The van der Waals surface area contributed by atoms with Crippen LogP contribution in [0.1, 0.15) is 36.2 Å². The maximum atomic E-state index is 12.7. The van der Waals surface area contributed by atoms with Crippen LogP contribution in [-0.4, -0.2) is 62.9 Å². The Morgan fingerprint density at radius 2 is 1.71 bits per heavy atom. The van der Waals surface area contributed by atoms with E-state index in [0.717, 1.165) is 37.9 Å². The molecular formula is C18H23N5O. The number of rotatable bonds is 3. The molecule has 2 heterocycles. The van der Waals surface area contributed by atoms with E-state index in [1.807, 2.05) is 35.2 Å². The molecular weight excluding hydrogens is 302 g/mol. The molecule has 6 heteroatoms. The Kier molecular flexibility index (Phi) is 4.30. The van der Waals surface area contributed by atoms with Crippen LogP contribution < -0.4 is 0 Å². The van der Waals surface area contributed by atoms with E-state index in [0.29, 0.717) is 5.69 Å². The van der Waals surface area contributed by atoms with Gasteiger partial charge in [-0.3, -0.25) is 9.69 Å². The van der Waals surface area contributed by atoms with Crippen LogP contribution in [-0.2, 0) is 0 Å². The number of para-hydroxylation sites is 1. The van der Waals surface area contributed by atoms with Gasteiger partial charge in [0.15, 0.2) is 5.69 Å². The third-order valence-electron chi connectivity index (χ3n) is 5.14. The van der Waals surface area contributed by atoms with Crippen LogP contribution >= 0.6 is 0 Å². The molecule has 24 heavy (non-hydrogen) atoms. The molecule has 4 rings (SSSR count). The van der Waals surface area contributed by atoms with Crippen molar-refractivity contribution in [2.45, 2.75) is 31.7 Å². The fourth-order valence-electron chi connectivity index (χ4n) is 3.77. The second-order valence-corrected chi connectivity index (χ2v) is 6.62. The average Bonchev–Trinajstić information content (AvgIpc) is 3.34. The second-order valence-electron chi connectivity index (χ2n) is 6.62. The summed E-state index contributed by atoms with van der Waals surface area (Å²) in [4.78, 5) is 18.6. The van der Waals surface area contributed by atoms with E-state index >= 15 is 0 Å². The van der Waals surface area contributed by atoms with Gasteiger partial charge in [0.1, 0.15) is 0 Å². The van der Waals surface area contributed by atoms with Crippen LogP contribution in [0.15, 0.2) is 36.5 Å². The first-order valence-corrected chi connectivity index (χ1v) is 8.82. The zero-order valence-corrected chi connectivity index (χ0v) is 13.8. The van der Waals surface area contributed by atoms with Crippen LogP contribution in [0, 0.1) is 0 Å². The lowest BCUT2D eigenvalue weighted by Gasteiger charge is -2.37. The highest BCUT2D eigenvalue weighted by Crippen LogP contribution is 2.24. The summed E-state index contributed by atoms with van der Waals surface area (Å²) in [6.45, 7) is 3.52. The van der Waals surface area contributed by atoms with Crippen molar-refractivity contribution in [1.82, 2.24) is 24.8 Å². The summed E-state index contributed by atoms with van der Waals surface area (Å²) in [7, 11) is 0. The largest absolute Gasteiger partial charge is 0.335 e. The molecule has 1 aromatic carbocycles. The van der Waals surface area contributed by atoms with Crippen LogP contribution in [0.25, 0.3) is 5.69 Å². The van der Waals surface area contributed by atoms with E-state index in [9.17, 15) is 4.79 Å². The third kappa shape index (κ3) is 3.06. The Morgan fingerprint density at radius 3 is 2.42 bits per heavy atom. The standard InChI is InChI=1S/C18H23N5O/c24-18(17-14-19-23(20-17)16-8-2-1-3-9-16)22-12-10-21(11-13-22)15-6-4-5-7-15/h1-3,8-9,14-15H,4-7,10-13H2. The molecule has 1 saturated carbocycles. The number of nitrogens with zero attached hydrogens (tertiary/aromatic N) is 5. The van der Waals surface area contributed by atoms with Gasteiger partial charge in [0.05, 0.1) is 11.9 Å².